The fourth-order valence-electron chi connectivity index (χ4n) is 1.40. The standard InChI is InChI=1S/C12H12F3N3OS/c13-12(14,15)7-19-11-2-1-8(5-18-11)17-6-10-9(16)3-4-20-10/h1-5,17H,6-7,16H2. The van der Waals surface area contributed by atoms with Crippen molar-refractivity contribution < 1.29 is 17.9 Å². The monoisotopic (exact) mass is 303 g/mol. The summed E-state index contributed by atoms with van der Waals surface area (Å²) in [5.74, 6) is -0.0662. The van der Waals surface area contributed by atoms with Crippen molar-refractivity contribution in [1.82, 2.24) is 4.98 Å². The molecular formula is C12H12F3N3OS. The van der Waals surface area contributed by atoms with Gasteiger partial charge in [0.1, 0.15) is 0 Å². The number of nitrogens with zero attached hydrogens (tertiary/aromatic N) is 1. The first kappa shape index (κ1) is 14.4. The van der Waals surface area contributed by atoms with Crippen LogP contribution in [0.25, 0.3) is 0 Å². The van der Waals surface area contributed by atoms with Crippen molar-refractivity contribution in [2.45, 2.75) is 12.7 Å². The first-order valence-electron chi connectivity index (χ1n) is 5.65. The van der Waals surface area contributed by atoms with E-state index in [1.54, 1.807) is 6.07 Å². The van der Waals surface area contributed by atoms with E-state index in [-0.39, 0.29) is 5.88 Å². The van der Waals surface area contributed by atoms with Crippen molar-refractivity contribution >= 4 is 22.7 Å². The highest BCUT2D eigenvalue weighted by Crippen LogP contribution is 2.21. The summed E-state index contributed by atoms with van der Waals surface area (Å²) in [6.07, 6.45) is -2.95. The highest BCUT2D eigenvalue weighted by molar-refractivity contribution is 7.10. The highest BCUT2D eigenvalue weighted by Gasteiger charge is 2.28. The van der Waals surface area contributed by atoms with Gasteiger partial charge in [-0.2, -0.15) is 13.2 Å². The second kappa shape index (κ2) is 6.00. The third kappa shape index (κ3) is 4.30. The van der Waals surface area contributed by atoms with Crippen molar-refractivity contribution in [3.63, 3.8) is 0 Å². The van der Waals surface area contributed by atoms with Crippen LogP contribution >= 0.6 is 11.3 Å². The molecule has 0 bridgehead atoms. The van der Waals surface area contributed by atoms with Gasteiger partial charge in [-0.3, -0.25) is 0 Å². The molecule has 0 aromatic carbocycles. The first-order chi connectivity index (χ1) is 9.44. The van der Waals surface area contributed by atoms with E-state index in [4.69, 9.17) is 5.73 Å². The molecule has 0 radical (unpaired) electrons. The Balaban J connectivity index is 1.87. The number of alkyl halides is 3. The molecule has 0 aliphatic heterocycles. The number of aromatic nitrogens is 1. The Morgan fingerprint density at radius 3 is 2.65 bits per heavy atom. The molecule has 8 heteroatoms. The fourth-order valence-corrected chi connectivity index (χ4v) is 2.14. The molecule has 108 valence electrons. The van der Waals surface area contributed by atoms with Crippen LogP contribution in [0, 0.1) is 0 Å². The lowest BCUT2D eigenvalue weighted by atomic mass is 10.3. The third-order valence-electron chi connectivity index (χ3n) is 2.35. The molecule has 0 atom stereocenters. The zero-order valence-corrected chi connectivity index (χ0v) is 11.1. The maximum Gasteiger partial charge on any atom is 0.422 e. The first-order valence-corrected chi connectivity index (χ1v) is 6.53. The number of hydrogen-bond acceptors (Lipinski definition) is 5. The number of halogens is 3. The average Bonchev–Trinajstić information content (AvgIpc) is 2.80. The summed E-state index contributed by atoms with van der Waals surface area (Å²) in [7, 11) is 0. The summed E-state index contributed by atoms with van der Waals surface area (Å²) in [4.78, 5) is 4.78. The van der Waals surface area contributed by atoms with E-state index in [0.717, 1.165) is 4.88 Å². The summed E-state index contributed by atoms with van der Waals surface area (Å²) in [5, 5.41) is 4.97. The quantitative estimate of drug-likeness (QED) is 0.890. The Morgan fingerprint density at radius 1 is 1.30 bits per heavy atom. The smallest absolute Gasteiger partial charge is 0.422 e. The Labute approximate surface area is 117 Å². The van der Waals surface area contributed by atoms with Crippen molar-refractivity contribution in [2.75, 3.05) is 17.7 Å². The molecule has 20 heavy (non-hydrogen) atoms. The van der Waals surface area contributed by atoms with Gasteiger partial charge in [-0.05, 0) is 17.5 Å². The molecule has 3 N–H and O–H groups in total. The minimum absolute atomic E-state index is 0.0662. The van der Waals surface area contributed by atoms with Gasteiger partial charge in [0.15, 0.2) is 6.61 Å². The van der Waals surface area contributed by atoms with Gasteiger partial charge in [0.25, 0.3) is 0 Å². The lowest BCUT2D eigenvalue weighted by Crippen LogP contribution is -2.19. The van der Waals surface area contributed by atoms with Crippen molar-refractivity contribution in [1.29, 1.82) is 0 Å². The number of rotatable bonds is 5. The number of thiophene rings is 1. The van der Waals surface area contributed by atoms with Gasteiger partial charge in [0.05, 0.1) is 18.4 Å². The second-order valence-electron chi connectivity index (χ2n) is 3.94. The van der Waals surface area contributed by atoms with Crippen LogP contribution in [0.4, 0.5) is 24.5 Å². The van der Waals surface area contributed by atoms with E-state index in [9.17, 15) is 13.2 Å². The largest absolute Gasteiger partial charge is 0.468 e. The van der Waals surface area contributed by atoms with Crippen LogP contribution in [-0.2, 0) is 6.54 Å². The Bertz CT molecular complexity index is 554. The molecular weight excluding hydrogens is 291 g/mol. The van der Waals surface area contributed by atoms with Crippen LogP contribution in [-0.4, -0.2) is 17.8 Å². The minimum atomic E-state index is -4.37. The van der Waals surface area contributed by atoms with Crippen molar-refractivity contribution in [2.24, 2.45) is 0 Å². The predicted molar refractivity (Wildman–Crippen MR) is 71.8 cm³/mol. The number of ether oxygens (including phenoxy) is 1. The van der Waals surface area contributed by atoms with E-state index in [1.807, 2.05) is 11.4 Å². The second-order valence-corrected chi connectivity index (χ2v) is 4.94. The van der Waals surface area contributed by atoms with E-state index in [1.165, 1.54) is 23.6 Å². The molecule has 0 unspecified atom stereocenters. The summed E-state index contributed by atoms with van der Waals surface area (Å²) in [5.41, 5.74) is 7.12. The number of nitrogen functional groups attached to an aromatic ring is 1. The molecule has 0 aliphatic rings. The lowest BCUT2D eigenvalue weighted by Gasteiger charge is -2.09. The summed E-state index contributed by atoms with van der Waals surface area (Å²) < 4.78 is 40.4. The normalized spacial score (nSPS) is 11.3. The van der Waals surface area contributed by atoms with Crippen LogP contribution in [0.15, 0.2) is 29.8 Å². The zero-order valence-electron chi connectivity index (χ0n) is 10.3. The molecule has 0 fully saturated rings. The fraction of sp³-hybridized carbons (Fsp3) is 0.250. The van der Waals surface area contributed by atoms with Gasteiger partial charge in [-0.1, -0.05) is 0 Å². The van der Waals surface area contributed by atoms with E-state index >= 15 is 0 Å². The molecule has 2 rings (SSSR count). The van der Waals surface area contributed by atoms with Crippen molar-refractivity contribution in [3.05, 3.63) is 34.7 Å². The van der Waals surface area contributed by atoms with Crippen LogP contribution in [0.5, 0.6) is 5.88 Å². The topological polar surface area (TPSA) is 60.2 Å². The Kier molecular flexibility index (Phi) is 4.33. The predicted octanol–water partition coefficient (Wildman–Crippen LogP) is 3.28. The molecule has 0 spiro atoms. The Hall–Kier alpha value is -1.96. The molecule has 0 amide bonds. The van der Waals surface area contributed by atoms with Gasteiger partial charge < -0.3 is 15.8 Å². The van der Waals surface area contributed by atoms with Gasteiger partial charge in [0, 0.05) is 16.6 Å². The summed E-state index contributed by atoms with van der Waals surface area (Å²) >= 11 is 1.53. The zero-order chi connectivity index (χ0) is 14.6. The molecule has 0 aliphatic carbocycles. The number of nitrogens with two attached hydrogens (primary N) is 1. The maximum absolute atomic E-state index is 12.0. The number of hydrogen-bond donors (Lipinski definition) is 2. The lowest BCUT2D eigenvalue weighted by molar-refractivity contribution is -0.154. The summed E-state index contributed by atoms with van der Waals surface area (Å²) in [6.45, 7) is -0.813. The third-order valence-corrected chi connectivity index (χ3v) is 3.29. The molecule has 2 aromatic rings. The number of nitrogens with one attached hydrogen (secondary N) is 1. The van der Waals surface area contributed by atoms with Crippen molar-refractivity contribution in [3.8, 4) is 5.88 Å². The Morgan fingerprint density at radius 2 is 2.10 bits per heavy atom. The van der Waals surface area contributed by atoms with Gasteiger partial charge in [-0.15, -0.1) is 11.3 Å². The van der Waals surface area contributed by atoms with Gasteiger partial charge >= 0.3 is 6.18 Å². The van der Waals surface area contributed by atoms with Crippen LogP contribution in [0.2, 0.25) is 0 Å². The SMILES string of the molecule is Nc1ccsc1CNc1ccc(OCC(F)(F)F)nc1. The van der Waals surface area contributed by atoms with Gasteiger partial charge in [-0.25, -0.2) is 4.98 Å². The van der Waals surface area contributed by atoms with E-state index in [0.29, 0.717) is 17.9 Å². The molecule has 4 nitrogen and oxygen atoms in total. The van der Waals surface area contributed by atoms with Crippen LogP contribution < -0.4 is 15.8 Å². The minimum Gasteiger partial charge on any atom is -0.468 e. The highest BCUT2D eigenvalue weighted by atomic mass is 32.1. The average molecular weight is 303 g/mol. The van der Waals surface area contributed by atoms with E-state index in [2.05, 4.69) is 15.0 Å². The molecule has 2 aromatic heterocycles. The van der Waals surface area contributed by atoms with Crippen LogP contribution in [0.3, 0.4) is 0 Å². The molecule has 0 saturated heterocycles. The molecule has 2 heterocycles. The van der Waals surface area contributed by atoms with Gasteiger partial charge in [0.2, 0.25) is 5.88 Å². The number of anilines is 2. The maximum atomic E-state index is 12.0. The van der Waals surface area contributed by atoms with E-state index < -0.39 is 12.8 Å². The number of pyridine rings is 1. The molecule has 0 saturated carbocycles. The van der Waals surface area contributed by atoms with Crippen LogP contribution in [0.1, 0.15) is 4.88 Å². The summed E-state index contributed by atoms with van der Waals surface area (Å²) in [6, 6.07) is 4.79.